The van der Waals surface area contributed by atoms with Gasteiger partial charge < -0.3 is 29.9 Å². The van der Waals surface area contributed by atoms with Crippen molar-refractivity contribution in [2.45, 2.75) is 46.4 Å². The smallest absolute Gasteiger partial charge is 0.323 e. The number of likely N-dealkylation sites (N-methyl/N-ethyl adjacent to an activating group) is 1. The lowest BCUT2D eigenvalue weighted by Gasteiger charge is -2.38. The summed E-state index contributed by atoms with van der Waals surface area (Å²) < 4.78 is 11.8. The molecule has 1 aliphatic heterocycles. The minimum absolute atomic E-state index is 0.0804. The van der Waals surface area contributed by atoms with Crippen LogP contribution in [0.2, 0.25) is 0 Å². The van der Waals surface area contributed by atoms with Crippen LogP contribution >= 0.6 is 0 Å². The third-order valence-corrected chi connectivity index (χ3v) is 8.22. The van der Waals surface area contributed by atoms with Crippen molar-refractivity contribution in [3.8, 4) is 16.9 Å². The number of urea groups is 1. The van der Waals surface area contributed by atoms with Crippen molar-refractivity contribution >= 4 is 23.3 Å². The predicted molar refractivity (Wildman–Crippen MR) is 174 cm³/mol. The summed E-state index contributed by atoms with van der Waals surface area (Å²) >= 11 is 0. The van der Waals surface area contributed by atoms with Crippen LogP contribution in [0.25, 0.3) is 11.1 Å². The van der Waals surface area contributed by atoms with E-state index in [0.29, 0.717) is 53.8 Å². The molecule has 2 heterocycles. The Morgan fingerprint density at radius 1 is 1.04 bits per heavy atom. The van der Waals surface area contributed by atoms with Gasteiger partial charge in [0, 0.05) is 25.6 Å². The van der Waals surface area contributed by atoms with Gasteiger partial charge in [-0.3, -0.25) is 9.69 Å². The summed E-state index contributed by atoms with van der Waals surface area (Å²) in [5.74, 6) is 0.433. The largest absolute Gasteiger partial charge is 0.486 e. The Balaban J connectivity index is 1.38. The van der Waals surface area contributed by atoms with Crippen molar-refractivity contribution in [2.75, 3.05) is 37.4 Å². The molecule has 236 valence electrons. The van der Waals surface area contributed by atoms with E-state index in [-0.39, 0.29) is 24.5 Å². The van der Waals surface area contributed by atoms with Gasteiger partial charge in [-0.25, -0.2) is 4.79 Å². The fraction of sp³-hybridized carbons (Fsp3) is 0.343. The zero-order chi connectivity index (χ0) is 32.1. The van der Waals surface area contributed by atoms with Crippen molar-refractivity contribution < 1.29 is 24.0 Å². The first kappa shape index (κ1) is 31.7. The number of amides is 3. The number of anilines is 2. The van der Waals surface area contributed by atoms with E-state index in [9.17, 15) is 14.7 Å². The number of carbonyl (C=O) groups excluding carboxylic acids is 2. The van der Waals surface area contributed by atoms with Gasteiger partial charge in [-0.05, 0) is 56.6 Å². The van der Waals surface area contributed by atoms with Crippen LogP contribution in [0.5, 0.6) is 5.75 Å². The molecule has 10 nitrogen and oxygen atoms in total. The molecule has 45 heavy (non-hydrogen) atoms. The molecule has 1 aromatic heterocycles. The number of carbonyl (C=O) groups is 2. The van der Waals surface area contributed by atoms with Crippen LogP contribution in [0, 0.1) is 19.8 Å². The van der Waals surface area contributed by atoms with Crippen molar-refractivity contribution in [1.82, 2.24) is 15.0 Å². The van der Waals surface area contributed by atoms with Crippen LogP contribution < -0.4 is 15.4 Å². The number of para-hydroxylation sites is 1. The summed E-state index contributed by atoms with van der Waals surface area (Å²) in [7, 11) is 2.04. The zero-order valence-electron chi connectivity index (χ0n) is 26.4. The fourth-order valence-electron chi connectivity index (χ4n) is 5.60. The molecule has 3 aromatic carbocycles. The van der Waals surface area contributed by atoms with Crippen molar-refractivity contribution in [3.63, 3.8) is 0 Å². The van der Waals surface area contributed by atoms with E-state index < -0.39 is 12.1 Å². The van der Waals surface area contributed by atoms with Gasteiger partial charge in [0.2, 0.25) is 0 Å². The van der Waals surface area contributed by atoms with Crippen LogP contribution in [0.15, 0.2) is 77.3 Å². The van der Waals surface area contributed by atoms with Crippen LogP contribution in [-0.4, -0.2) is 70.9 Å². The van der Waals surface area contributed by atoms with Gasteiger partial charge in [-0.15, -0.1) is 0 Å². The predicted octanol–water partition coefficient (Wildman–Crippen LogP) is 5.95. The maximum absolute atomic E-state index is 13.8. The Hall–Kier alpha value is -4.67. The minimum atomic E-state index is -0.517. The Kier molecular flexibility index (Phi) is 9.85. The number of aromatic nitrogens is 1. The number of hydrogen-bond acceptors (Lipinski definition) is 7. The topological polar surface area (TPSA) is 120 Å². The van der Waals surface area contributed by atoms with E-state index in [1.165, 1.54) is 11.1 Å². The maximum Gasteiger partial charge on any atom is 0.323 e. The number of fused-ring (bicyclic) bond motifs is 1. The standard InChI is InChI=1S/C35H41N5O5/c1-22-18-40(23(2)21-41)34(42)29-12-9-13-30(36-35(43)37-32-24(3)38-45-25(32)4)33(29)44-31(22)20-39(5)19-26-14-16-28(17-15-26)27-10-7-6-8-11-27/h6-17,22-23,31,41H,18-21H2,1-5H3,(H2,36,37,43)/t22-,23+,31-/m0/s1. The molecule has 0 spiro atoms. The number of aliphatic hydroxyl groups is 1. The number of aryl methyl sites for hydroxylation is 2. The number of aliphatic hydroxyl groups excluding tert-OH is 1. The summed E-state index contributed by atoms with van der Waals surface area (Å²) in [4.78, 5) is 30.8. The summed E-state index contributed by atoms with van der Waals surface area (Å²) in [5, 5.41) is 19.5. The first-order valence-corrected chi connectivity index (χ1v) is 15.2. The monoisotopic (exact) mass is 611 g/mol. The molecule has 0 unspecified atom stereocenters. The molecule has 0 aliphatic carbocycles. The highest BCUT2D eigenvalue weighted by Crippen LogP contribution is 2.35. The number of rotatable bonds is 9. The minimum Gasteiger partial charge on any atom is -0.486 e. The quantitative estimate of drug-likeness (QED) is 0.214. The molecule has 10 heteroatoms. The van der Waals surface area contributed by atoms with E-state index in [4.69, 9.17) is 9.26 Å². The third kappa shape index (κ3) is 7.35. The van der Waals surface area contributed by atoms with Gasteiger partial charge in [-0.1, -0.05) is 72.7 Å². The number of nitrogens with one attached hydrogen (secondary N) is 2. The van der Waals surface area contributed by atoms with Crippen LogP contribution in [0.3, 0.4) is 0 Å². The van der Waals surface area contributed by atoms with Crippen LogP contribution in [0.1, 0.15) is 41.2 Å². The fourth-order valence-corrected chi connectivity index (χ4v) is 5.60. The normalized spacial score (nSPS) is 17.2. The molecule has 1 aliphatic rings. The lowest BCUT2D eigenvalue weighted by molar-refractivity contribution is 0.0343. The van der Waals surface area contributed by atoms with Crippen molar-refractivity contribution in [1.29, 1.82) is 0 Å². The molecule has 0 saturated heterocycles. The van der Waals surface area contributed by atoms with Crippen LogP contribution in [0.4, 0.5) is 16.2 Å². The van der Waals surface area contributed by atoms with Gasteiger partial charge >= 0.3 is 6.03 Å². The lowest BCUT2D eigenvalue weighted by atomic mass is 9.98. The second-order valence-electron chi connectivity index (χ2n) is 11.8. The van der Waals surface area contributed by atoms with Gasteiger partial charge in [0.1, 0.15) is 17.5 Å². The van der Waals surface area contributed by atoms with Gasteiger partial charge in [-0.2, -0.15) is 0 Å². The summed E-state index contributed by atoms with van der Waals surface area (Å²) in [6.45, 7) is 8.83. The van der Waals surface area contributed by atoms with Crippen molar-refractivity contribution in [2.24, 2.45) is 5.92 Å². The second kappa shape index (κ2) is 14.0. The number of hydrogen-bond donors (Lipinski definition) is 3. The Labute approximate surface area is 264 Å². The Morgan fingerprint density at radius 3 is 2.42 bits per heavy atom. The maximum atomic E-state index is 13.8. The lowest BCUT2D eigenvalue weighted by Crippen LogP contribution is -2.49. The highest BCUT2D eigenvalue weighted by Gasteiger charge is 2.34. The van der Waals surface area contributed by atoms with Gasteiger partial charge in [0.15, 0.2) is 11.5 Å². The first-order valence-electron chi connectivity index (χ1n) is 15.2. The summed E-state index contributed by atoms with van der Waals surface area (Å²) in [6.07, 6.45) is -0.326. The third-order valence-electron chi connectivity index (χ3n) is 8.22. The number of nitrogens with zero attached hydrogens (tertiary/aromatic N) is 3. The highest BCUT2D eigenvalue weighted by atomic mass is 16.5. The van der Waals surface area contributed by atoms with Crippen LogP contribution in [-0.2, 0) is 6.54 Å². The van der Waals surface area contributed by atoms with E-state index in [1.807, 2.05) is 39.1 Å². The van der Waals surface area contributed by atoms with E-state index in [0.717, 1.165) is 5.56 Å². The van der Waals surface area contributed by atoms with E-state index >= 15 is 0 Å². The second-order valence-corrected chi connectivity index (χ2v) is 11.8. The average Bonchev–Trinajstić information content (AvgIpc) is 3.35. The first-order chi connectivity index (χ1) is 21.6. The summed E-state index contributed by atoms with van der Waals surface area (Å²) in [6, 6.07) is 23.0. The SMILES string of the molecule is Cc1noc(C)c1NC(=O)Nc1cccc2c1O[C@@H](CN(C)Cc1ccc(-c3ccccc3)cc1)[C@@H](C)CN([C@H](C)CO)C2=O. The van der Waals surface area contributed by atoms with Gasteiger partial charge in [0.25, 0.3) is 5.91 Å². The molecular formula is C35H41N5O5. The molecule has 3 amide bonds. The molecule has 0 bridgehead atoms. The van der Waals surface area contributed by atoms with E-state index in [1.54, 1.807) is 36.9 Å². The number of ether oxygens (including phenoxy) is 1. The molecule has 4 aromatic rings. The molecule has 3 atom stereocenters. The molecule has 5 rings (SSSR count). The van der Waals surface area contributed by atoms with E-state index in [2.05, 4.69) is 57.1 Å². The molecule has 0 saturated carbocycles. The molecule has 0 radical (unpaired) electrons. The van der Waals surface area contributed by atoms with Gasteiger partial charge in [0.05, 0.1) is 23.9 Å². The molecular weight excluding hydrogens is 570 g/mol. The molecule has 3 N–H and O–H groups in total. The zero-order valence-corrected chi connectivity index (χ0v) is 26.4. The Morgan fingerprint density at radius 2 is 1.76 bits per heavy atom. The highest BCUT2D eigenvalue weighted by molar-refractivity contribution is 6.04. The molecule has 0 fully saturated rings. The summed E-state index contributed by atoms with van der Waals surface area (Å²) in [5.41, 5.74) is 5.22. The van der Waals surface area contributed by atoms with Crippen molar-refractivity contribution in [3.05, 3.63) is 95.4 Å². The Bertz CT molecular complexity index is 1600. The average molecular weight is 612 g/mol. The number of benzene rings is 3.